The Morgan fingerprint density at radius 2 is 2.12 bits per heavy atom. The largest absolute Gasteiger partial charge is 0.353 e. The second-order valence-corrected chi connectivity index (χ2v) is 7.91. The van der Waals surface area contributed by atoms with E-state index in [0.717, 1.165) is 29.7 Å². The lowest BCUT2D eigenvalue weighted by molar-refractivity contribution is -0.117. The molecule has 1 aliphatic carbocycles. The van der Waals surface area contributed by atoms with E-state index < -0.39 is 21.7 Å². The van der Waals surface area contributed by atoms with E-state index in [-0.39, 0.29) is 0 Å². The van der Waals surface area contributed by atoms with Gasteiger partial charge in [-0.2, -0.15) is 12.7 Å². The highest BCUT2D eigenvalue weighted by atomic mass is 32.2. The van der Waals surface area contributed by atoms with Crippen LogP contribution in [0.1, 0.15) is 19.8 Å². The number of hydrogen-bond acceptors (Lipinski definition) is 6. The van der Waals surface area contributed by atoms with Crippen molar-refractivity contribution in [3.05, 3.63) is 18.6 Å². The second-order valence-electron chi connectivity index (χ2n) is 6.32. The van der Waals surface area contributed by atoms with Gasteiger partial charge in [-0.1, -0.05) is 0 Å². The molecule has 2 aromatic rings. The number of fused-ring (bicyclic) bond motifs is 1. The molecule has 24 heavy (non-hydrogen) atoms. The van der Waals surface area contributed by atoms with Gasteiger partial charge in [0, 0.05) is 32.8 Å². The molecular formula is C14H18N6O3S. The summed E-state index contributed by atoms with van der Waals surface area (Å²) < 4.78 is 28.3. The molecule has 1 aliphatic heterocycles. The first kappa shape index (κ1) is 15.3. The summed E-state index contributed by atoms with van der Waals surface area (Å²) in [5, 5.41) is 0.923. The van der Waals surface area contributed by atoms with Gasteiger partial charge in [0.15, 0.2) is 0 Å². The van der Waals surface area contributed by atoms with Crippen LogP contribution in [0, 0.1) is 0 Å². The first-order chi connectivity index (χ1) is 11.4. The van der Waals surface area contributed by atoms with Crippen molar-refractivity contribution in [2.75, 3.05) is 24.5 Å². The quantitative estimate of drug-likeness (QED) is 0.806. The SMILES string of the molecule is CC(=O)NS(=O)(=O)N1CCN(c2ncnc3[nH]ccc23)CC12CC2. The van der Waals surface area contributed by atoms with Crippen molar-refractivity contribution in [2.45, 2.75) is 25.3 Å². The molecule has 9 nitrogen and oxygen atoms in total. The average molecular weight is 350 g/mol. The van der Waals surface area contributed by atoms with Gasteiger partial charge >= 0.3 is 10.2 Å². The van der Waals surface area contributed by atoms with E-state index in [2.05, 4.69) is 24.6 Å². The lowest BCUT2D eigenvalue weighted by atomic mass is 10.2. The Morgan fingerprint density at radius 3 is 2.83 bits per heavy atom. The summed E-state index contributed by atoms with van der Waals surface area (Å²) in [5.41, 5.74) is 0.311. The molecule has 2 N–H and O–H groups in total. The summed E-state index contributed by atoms with van der Waals surface area (Å²) in [6.07, 6.45) is 4.88. The summed E-state index contributed by atoms with van der Waals surface area (Å²) in [7, 11) is -3.80. The van der Waals surface area contributed by atoms with Crippen molar-refractivity contribution >= 4 is 33.0 Å². The summed E-state index contributed by atoms with van der Waals surface area (Å²) in [5.74, 6) is 0.238. The van der Waals surface area contributed by atoms with Gasteiger partial charge in [-0.25, -0.2) is 14.7 Å². The molecule has 2 aliphatic rings. The third-order valence-electron chi connectivity index (χ3n) is 4.61. The topological polar surface area (TPSA) is 111 Å². The van der Waals surface area contributed by atoms with Crippen LogP contribution in [0.3, 0.4) is 0 Å². The highest BCUT2D eigenvalue weighted by Crippen LogP contribution is 2.46. The molecule has 1 amide bonds. The highest BCUT2D eigenvalue weighted by Gasteiger charge is 2.56. The molecule has 0 radical (unpaired) electrons. The zero-order valence-electron chi connectivity index (χ0n) is 13.2. The predicted octanol–water partition coefficient (Wildman–Crippen LogP) is -0.00660. The van der Waals surface area contributed by atoms with Crippen molar-refractivity contribution in [3.8, 4) is 0 Å². The maximum Gasteiger partial charge on any atom is 0.304 e. The van der Waals surface area contributed by atoms with Crippen molar-refractivity contribution in [1.29, 1.82) is 0 Å². The number of aromatic nitrogens is 3. The van der Waals surface area contributed by atoms with E-state index in [9.17, 15) is 13.2 Å². The molecule has 1 spiro atoms. The zero-order chi connectivity index (χ0) is 16.9. The maximum atomic E-state index is 12.4. The first-order valence-electron chi connectivity index (χ1n) is 7.76. The smallest absolute Gasteiger partial charge is 0.304 e. The fraction of sp³-hybridized carbons (Fsp3) is 0.500. The van der Waals surface area contributed by atoms with Crippen LogP contribution >= 0.6 is 0 Å². The van der Waals surface area contributed by atoms with Gasteiger partial charge in [0.1, 0.15) is 17.8 Å². The summed E-state index contributed by atoms with van der Waals surface area (Å²) in [4.78, 5) is 24.9. The molecule has 2 aromatic heterocycles. The van der Waals surface area contributed by atoms with Gasteiger partial charge < -0.3 is 9.88 Å². The summed E-state index contributed by atoms with van der Waals surface area (Å²) in [6.45, 7) is 2.59. The summed E-state index contributed by atoms with van der Waals surface area (Å²) in [6, 6.07) is 1.92. The van der Waals surface area contributed by atoms with Crippen LogP contribution in [-0.2, 0) is 15.0 Å². The van der Waals surface area contributed by atoms with E-state index in [1.807, 2.05) is 12.3 Å². The van der Waals surface area contributed by atoms with Crippen LogP contribution in [0.4, 0.5) is 5.82 Å². The minimum absolute atomic E-state index is 0.318. The van der Waals surface area contributed by atoms with Gasteiger partial charge in [0.2, 0.25) is 5.91 Å². The van der Waals surface area contributed by atoms with Crippen molar-refractivity contribution in [1.82, 2.24) is 24.0 Å². The number of nitrogens with zero attached hydrogens (tertiary/aromatic N) is 4. The number of carbonyl (C=O) groups is 1. The second kappa shape index (κ2) is 5.15. The molecule has 10 heteroatoms. The number of H-pyrrole nitrogens is 1. The summed E-state index contributed by atoms with van der Waals surface area (Å²) >= 11 is 0. The van der Waals surface area contributed by atoms with E-state index in [0.29, 0.717) is 19.6 Å². The number of amides is 1. The third kappa shape index (κ3) is 2.42. The molecule has 3 heterocycles. The van der Waals surface area contributed by atoms with Crippen LogP contribution in [0.15, 0.2) is 18.6 Å². The number of aromatic amines is 1. The Hall–Kier alpha value is -2.20. The molecule has 0 atom stereocenters. The van der Waals surface area contributed by atoms with E-state index in [1.165, 1.54) is 17.6 Å². The van der Waals surface area contributed by atoms with Gasteiger partial charge in [-0.3, -0.25) is 4.79 Å². The molecule has 2 fully saturated rings. The van der Waals surface area contributed by atoms with E-state index in [1.54, 1.807) is 0 Å². The number of hydrogen-bond donors (Lipinski definition) is 2. The van der Waals surface area contributed by atoms with Crippen LogP contribution in [0.2, 0.25) is 0 Å². The van der Waals surface area contributed by atoms with Gasteiger partial charge in [-0.15, -0.1) is 0 Å². The van der Waals surface area contributed by atoms with Gasteiger partial charge in [-0.05, 0) is 18.9 Å². The van der Waals surface area contributed by atoms with Crippen LogP contribution in [-0.4, -0.2) is 58.8 Å². The van der Waals surface area contributed by atoms with Crippen LogP contribution in [0.5, 0.6) is 0 Å². The van der Waals surface area contributed by atoms with E-state index >= 15 is 0 Å². The lowest BCUT2D eigenvalue weighted by Gasteiger charge is -2.41. The molecule has 1 saturated heterocycles. The standard InChI is InChI=1S/C14H18N6O3S/c1-10(21)18-24(22,23)20-7-6-19(8-14(20)3-4-14)13-11-2-5-15-12(11)16-9-17-13/h2,5,9H,3-4,6-8H2,1H3,(H,18,21)(H,15,16,17). The molecule has 0 bridgehead atoms. The third-order valence-corrected chi connectivity index (χ3v) is 6.31. The monoisotopic (exact) mass is 350 g/mol. The molecule has 4 rings (SSSR count). The fourth-order valence-electron chi connectivity index (χ4n) is 3.42. The molecule has 1 saturated carbocycles. The van der Waals surface area contributed by atoms with Crippen molar-refractivity contribution < 1.29 is 13.2 Å². The minimum Gasteiger partial charge on any atom is -0.353 e. The average Bonchev–Trinajstić information content (AvgIpc) is 3.09. The predicted molar refractivity (Wildman–Crippen MR) is 87.5 cm³/mol. The van der Waals surface area contributed by atoms with Crippen molar-refractivity contribution in [3.63, 3.8) is 0 Å². The van der Waals surface area contributed by atoms with Gasteiger partial charge in [0.25, 0.3) is 0 Å². The molecule has 0 aromatic carbocycles. The highest BCUT2D eigenvalue weighted by molar-refractivity contribution is 7.87. The normalized spacial score (nSPS) is 20.5. The number of anilines is 1. The Labute approximate surface area is 139 Å². The van der Waals surface area contributed by atoms with Crippen molar-refractivity contribution in [2.24, 2.45) is 0 Å². The lowest BCUT2D eigenvalue weighted by Crippen LogP contribution is -2.60. The van der Waals surface area contributed by atoms with Crippen LogP contribution < -0.4 is 9.62 Å². The molecular weight excluding hydrogens is 332 g/mol. The Kier molecular flexibility index (Phi) is 3.29. The Bertz CT molecular complexity index is 904. The molecule has 0 unspecified atom stereocenters. The zero-order valence-corrected chi connectivity index (χ0v) is 14.0. The number of rotatable bonds is 3. The fourth-order valence-corrected chi connectivity index (χ4v) is 4.96. The number of nitrogens with one attached hydrogen (secondary N) is 2. The van der Waals surface area contributed by atoms with E-state index in [4.69, 9.17) is 0 Å². The Morgan fingerprint density at radius 1 is 1.33 bits per heavy atom. The van der Waals surface area contributed by atoms with Gasteiger partial charge in [0.05, 0.1) is 10.9 Å². The number of piperazine rings is 1. The maximum absolute atomic E-state index is 12.4. The number of carbonyl (C=O) groups excluding carboxylic acids is 1. The van der Waals surface area contributed by atoms with Crippen LogP contribution in [0.25, 0.3) is 11.0 Å². The minimum atomic E-state index is -3.80. The Balaban J connectivity index is 1.62. The first-order valence-corrected chi connectivity index (χ1v) is 9.20. The molecule has 128 valence electrons.